The molecule has 0 saturated heterocycles. The normalized spacial score (nSPS) is 10.6. The number of nitrogens with zero attached hydrogens (tertiary/aromatic N) is 1. The molecule has 2 nitrogen and oxygen atoms in total. The number of hydrogen-bond donors (Lipinski definition) is 0. The van der Waals surface area contributed by atoms with Crippen LogP contribution < -0.4 is 0 Å². The smallest absolute Gasteiger partial charge is 0.192 e. The van der Waals surface area contributed by atoms with Gasteiger partial charge in [-0.25, -0.2) is 4.98 Å². The highest BCUT2D eigenvalue weighted by Gasteiger charge is 2.15. The van der Waals surface area contributed by atoms with E-state index in [2.05, 4.69) is 11.1 Å². The van der Waals surface area contributed by atoms with Crippen molar-refractivity contribution in [2.24, 2.45) is 0 Å². The van der Waals surface area contributed by atoms with Gasteiger partial charge in [-0.05, 0) is 11.4 Å². The molecule has 0 spiro atoms. The molecule has 3 aromatic rings. The van der Waals surface area contributed by atoms with E-state index in [1.807, 2.05) is 48.7 Å². The second-order valence-electron chi connectivity index (χ2n) is 3.75. The molecule has 0 aliphatic carbocycles. The monoisotopic (exact) mass is 241 g/mol. The maximum absolute atomic E-state index is 5.72. The summed E-state index contributed by atoms with van der Waals surface area (Å²) in [5.74, 6) is 1.55. The van der Waals surface area contributed by atoms with Gasteiger partial charge >= 0.3 is 0 Å². The standard InChI is InChI=1S/C14H11NOS/c1-10-15-13(12-8-5-9-17-12)14(16-10)11-6-3-2-4-7-11/h2-9H,1H3. The highest BCUT2D eigenvalue weighted by Crippen LogP contribution is 2.34. The molecule has 0 saturated carbocycles. The zero-order valence-electron chi connectivity index (χ0n) is 9.38. The number of aromatic nitrogens is 1. The largest absolute Gasteiger partial charge is 0.440 e. The van der Waals surface area contributed by atoms with Gasteiger partial charge in [-0.15, -0.1) is 11.3 Å². The van der Waals surface area contributed by atoms with Crippen molar-refractivity contribution in [2.45, 2.75) is 6.92 Å². The predicted octanol–water partition coefficient (Wildman–Crippen LogP) is 4.38. The molecule has 0 aliphatic rings. The molecular weight excluding hydrogens is 230 g/mol. The first-order valence-corrected chi connectivity index (χ1v) is 6.29. The third-order valence-electron chi connectivity index (χ3n) is 2.52. The highest BCUT2D eigenvalue weighted by atomic mass is 32.1. The van der Waals surface area contributed by atoms with Crippen molar-refractivity contribution in [3.63, 3.8) is 0 Å². The quantitative estimate of drug-likeness (QED) is 0.665. The fourth-order valence-electron chi connectivity index (χ4n) is 1.79. The molecule has 2 heterocycles. The van der Waals surface area contributed by atoms with Crippen molar-refractivity contribution < 1.29 is 4.42 Å². The first-order valence-electron chi connectivity index (χ1n) is 5.41. The fourth-order valence-corrected chi connectivity index (χ4v) is 2.50. The molecule has 17 heavy (non-hydrogen) atoms. The number of hydrogen-bond acceptors (Lipinski definition) is 3. The molecular formula is C14H11NOS. The molecule has 0 N–H and O–H groups in total. The van der Waals surface area contributed by atoms with E-state index < -0.39 is 0 Å². The summed E-state index contributed by atoms with van der Waals surface area (Å²) in [4.78, 5) is 5.61. The van der Waals surface area contributed by atoms with E-state index in [4.69, 9.17) is 4.42 Å². The van der Waals surface area contributed by atoms with Crippen LogP contribution in [0.2, 0.25) is 0 Å². The molecule has 3 rings (SSSR count). The summed E-state index contributed by atoms with van der Waals surface area (Å²) in [6.07, 6.45) is 0. The first kappa shape index (κ1) is 10.3. The minimum Gasteiger partial charge on any atom is -0.440 e. The summed E-state index contributed by atoms with van der Waals surface area (Å²) in [7, 11) is 0. The van der Waals surface area contributed by atoms with E-state index in [9.17, 15) is 0 Å². The molecule has 0 unspecified atom stereocenters. The Morgan fingerprint density at radius 1 is 1.06 bits per heavy atom. The van der Waals surface area contributed by atoms with Crippen molar-refractivity contribution >= 4 is 11.3 Å². The molecule has 0 radical (unpaired) electrons. The molecule has 0 atom stereocenters. The third-order valence-corrected chi connectivity index (χ3v) is 3.40. The van der Waals surface area contributed by atoms with Crippen LogP contribution in [0, 0.1) is 6.92 Å². The molecule has 0 fully saturated rings. The van der Waals surface area contributed by atoms with Gasteiger partial charge in [-0.3, -0.25) is 0 Å². The number of oxazole rings is 1. The summed E-state index contributed by atoms with van der Waals surface area (Å²) in [6, 6.07) is 14.2. The topological polar surface area (TPSA) is 26.0 Å². The van der Waals surface area contributed by atoms with Crippen LogP contribution in [0.5, 0.6) is 0 Å². The van der Waals surface area contributed by atoms with Crippen LogP contribution in [0.15, 0.2) is 52.3 Å². The summed E-state index contributed by atoms with van der Waals surface area (Å²) >= 11 is 1.68. The van der Waals surface area contributed by atoms with Gasteiger partial charge in [0, 0.05) is 12.5 Å². The molecule has 2 aromatic heterocycles. The molecule has 0 bridgehead atoms. The van der Waals surface area contributed by atoms with Crippen LogP contribution >= 0.6 is 11.3 Å². The van der Waals surface area contributed by atoms with Crippen LogP contribution in [0.4, 0.5) is 0 Å². The summed E-state index contributed by atoms with van der Waals surface area (Å²) < 4.78 is 5.72. The van der Waals surface area contributed by atoms with Crippen LogP contribution in [-0.2, 0) is 0 Å². The highest BCUT2D eigenvalue weighted by molar-refractivity contribution is 7.13. The van der Waals surface area contributed by atoms with Gasteiger partial charge in [-0.1, -0.05) is 36.4 Å². The Morgan fingerprint density at radius 3 is 2.59 bits per heavy atom. The van der Waals surface area contributed by atoms with Crippen LogP contribution in [0.1, 0.15) is 5.89 Å². The number of benzene rings is 1. The Kier molecular flexibility index (Phi) is 2.53. The Balaban J connectivity index is 2.18. The second kappa shape index (κ2) is 4.18. The van der Waals surface area contributed by atoms with Crippen molar-refractivity contribution in [3.05, 3.63) is 53.7 Å². The summed E-state index contributed by atoms with van der Waals surface area (Å²) in [6.45, 7) is 1.88. The average molecular weight is 241 g/mol. The van der Waals surface area contributed by atoms with Gasteiger partial charge in [0.05, 0.1) is 4.88 Å². The van der Waals surface area contributed by atoms with E-state index in [1.54, 1.807) is 11.3 Å². The fraction of sp³-hybridized carbons (Fsp3) is 0.0714. The SMILES string of the molecule is Cc1nc(-c2cccs2)c(-c2ccccc2)o1. The van der Waals surface area contributed by atoms with Crippen molar-refractivity contribution in [2.75, 3.05) is 0 Å². The van der Waals surface area contributed by atoms with Gasteiger partial charge in [0.15, 0.2) is 11.7 Å². The molecule has 84 valence electrons. The summed E-state index contributed by atoms with van der Waals surface area (Å²) in [5.41, 5.74) is 2.00. The zero-order valence-corrected chi connectivity index (χ0v) is 10.2. The zero-order chi connectivity index (χ0) is 11.7. The van der Waals surface area contributed by atoms with Gasteiger partial charge in [-0.2, -0.15) is 0 Å². The second-order valence-corrected chi connectivity index (χ2v) is 4.70. The summed E-state index contributed by atoms with van der Waals surface area (Å²) in [5, 5.41) is 2.05. The van der Waals surface area contributed by atoms with Crippen molar-refractivity contribution in [1.29, 1.82) is 0 Å². The lowest BCUT2D eigenvalue weighted by atomic mass is 10.1. The average Bonchev–Trinajstić information content (AvgIpc) is 2.98. The Labute approximate surface area is 104 Å². The van der Waals surface area contributed by atoms with Gasteiger partial charge in [0.1, 0.15) is 5.69 Å². The lowest BCUT2D eigenvalue weighted by Crippen LogP contribution is -1.78. The maximum Gasteiger partial charge on any atom is 0.192 e. The van der Waals surface area contributed by atoms with Crippen LogP contribution in [0.3, 0.4) is 0 Å². The minimum absolute atomic E-state index is 0.701. The van der Waals surface area contributed by atoms with Crippen molar-refractivity contribution in [1.82, 2.24) is 4.98 Å². The van der Waals surface area contributed by atoms with Gasteiger partial charge < -0.3 is 4.42 Å². The van der Waals surface area contributed by atoms with E-state index in [-0.39, 0.29) is 0 Å². The van der Waals surface area contributed by atoms with Crippen LogP contribution in [0.25, 0.3) is 21.9 Å². The van der Waals surface area contributed by atoms with Gasteiger partial charge in [0.25, 0.3) is 0 Å². The van der Waals surface area contributed by atoms with E-state index in [1.165, 1.54) is 0 Å². The van der Waals surface area contributed by atoms with E-state index in [0.29, 0.717) is 5.89 Å². The van der Waals surface area contributed by atoms with E-state index >= 15 is 0 Å². The van der Waals surface area contributed by atoms with E-state index in [0.717, 1.165) is 21.9 Å². The predicted molar refractivity (Wildman–Crippen MR) is 70.0 cm³/mol. The molecule has 0 aliphatic heterocycles. The lowest BCUT2D eigenvalue weighted by Gasteiger charge is -1.98. The molecule has 3 heteroatoms. The lowest BCUT2D eigenvalue weighted by molar-refractivity contribution is 0.534. The first-order chi connectivity index (χ1) is 8.34. The van der Waals surface area contributed by atoms with Crippen molar-refractivity contribution in [3.8, 4) is 21.9 Å². The number of thiophene rings is 1. The maximum atomic E-state index is 5.72. The molecule has 0 amide bonds. The number of rotatable bonds is 2. The Hall–Kier alpha value is -1.87. The number of aryl methyl sites for hydroxylation is 1. The Bertz CT molecular complexity index is 611. The van der Waals surface area contributed by atoms with Crippen LogP contribution in [-0.4, -0.2) is 4.98 Å². The minimum atomic E-state index is 0.701. The Morgan fingerprint density at radius 2 is 1.88 bits per heavy atom. The third kappa shape index (κ3) is 1.89. The molecule has 1 aromatic carbocycles. The van der Waals surface area contributed by atoms with Gasteiger partial charge in [0.2, 0.25) is 0 Å².